The lowest BCUT2D eigenvalue weighted by molar-refractivity contribution is -0.182. The van der Waals surface area contributed by atoms with Crippen LogP contribution in [0.15, 0.2) is 84.9 Å². The molecular formula is C24H26O2P+. The van der Waals surface area contributed by atoms with Crippen LogP contribution in [0, 0.1) is 0 Å². The van der Waals surface area contributed by atoms with E-state index in [2.05, 4.69) is 91.9 Å². The van der Waals surface area contributed by atoms with Crippen LogP contribution in [0.2, 0.25) is 0 Å². The molecule has 3 aromatic rings. The average molecular weight is 377 g/mol. The van der Waals surface area contributed by atoms with Gasteiger partial charge in [0.25, 0.3) is 0 Å². The van der Waals surface area contributed by atoms with Crippen LogP contribution in [0.1, 0.15) is 25.2 Å². The molecule has 0 radical (unpaired) electrons. The molecule has 1 heterocycles. The molecule has 0 aromatic heterocycles. The molecule has 1 fully saturated rings. The summed E-state index contributed by atoms with van der Waals surface area (Å²) in [6.45, 7) is 3.83. The van der Waals surface area contributed by atoms with Gasteiger partial charge in [0, 0.05) is 0 Å². The van der Waals surface area contributed by atoms with E-state index < -0.39 is 7.26 Å². The predicted molar refractivity (Wildman–Crippen MR) is 115 cm³/mol. The second-order valence-electron chi connectivity index (χ2n) is 6.78. The van der Waals surface area contributed by atoms with Crippen molar-refractivity contribution in [1.82, 2.24) is 0 Å². The standard InChI is InChI=1S/C24H26O2P/c1-2-27(20-12-5-3-6-13-20,21-14-7-4-8-15-21)23-17-10-9-16-22(23)24-25-18-11-19-26-24/h3-10,12-17,24H,2,11,18-19H2,1H3/q+1. The largest absolute Gasteiger partial charge is 0.348 e. The first-order chi connectivity index (χ1) is 13.4. The first-order valence-corrected chi connectivity index (χ1v) is 11.7. The fourth-order valence-corrected chi connectivity index (χ4v) is 8.28. The highest BCUT2D eigenvalue weighted by atomic mass is 31.2. The molecule has 0 bridgehead atoms. The highest BCUT2D eigenvalue weighted by Crippen LogP contribution is 2.56. The van der Waals surface area contributed by atoms with Crippen molar-refractivity contribution in [2.24, 2.45) is 0 Å². The molecule has 1 saturated heterocycles. The van der Waals surface area contributed by atoms with E-state index in [1.807, 2.05) is 0 Å². The van der Waals surface area contributed by atoms with Gasteiger partial charge in [0.05, 0.1) is 24.9 Å². The van der Waals surface area contributed by atoms with Gasteiger partial charge in [0.2, 0.25) is 0 Å². The van der Waals surface area contributed by atoms with Gasteiger partial charge in [-0.15, -0.1) is 0 Å². The monoisotopic (exact) mass is 377 g/mol. The van der Waals surface area contributed by atoms with Crippen molar-refractivity contribution in [2.75, 3.05) is 19.4 Å². The topological polar surface area (TPSA) is 18.5 Å². The maximum absolute atomic E-state index is 6.01. The highest BCUT2D eigenvalue weighted by Gasteiger charge is 2.46. The third-order valence-corrected chi connectivity index (χ3v) is 9.84. The van der Waals surface area contributed by atoms with Crippen molar-refractivity contribution in [3.63, 3.8) is 0 Å². The van der Waals surface area contributed by atoms with Gasteiger partial charge in [-0.05, 0) is 49.7 Å². The van der Waals surface area contributed by atoms with Crippen LogP contribution in [0.3, 0.4) is 0 Å². The molecule has 138 valence electrons. The molecular weight excluding hydrogens is 351 g/mol. The third-order valence-electron chi connectivity index (χ3n) is 5.30. The van der Waals surface area contributed by atoms with E-state index in [1.165, 1.54) is 21.5 Å². The van der Waals surface area contributed by atoms with E-state index in [0.717, 1.165) is 25.8 Å². The summed E-state index contributed by atoms with van der Waals surface area (Å²) in [6.07, 6.45) is 1.75. The SMILES string of the molecule is CC[P+](c1ccccc1)(c1ccccc1)c1ccccc1C1OCCCO1. The summed E-state index contributed by atoms with van der Waals surface area (Å²) in [5.41, 5.74) is 1.18. The molecule has 0 N–H and O–H groups in total. The van der Waals surface area contributed by atoms with Crippen molar-refractivity contribution in [3.05, 3.63) is 90.5 Å². The summed E-state index contributed by atoms with van der Waals surface area (Å²) in [4.78, 5) is 0. The predicted octanol–water partition coefficient (Wildman–Crippen LogP) is 4.44. The molecule has 0 atom stereocenters. The van der Waals surface area contributed by atoms with E-state index in [0.29, 0.717) is 0 Å². The van der Waals surface area contributed by atoms with Crippen LogP contribution in [-0.4, -0.2) is 19.4 Å². The second kappa shape index (κ2) is 8.35. The Bertz CT molecular complexity index is 818. The normalized spacial score (nSPS) is 15.6. The highest BCUT2D eigenvalue weighted by molar-refractivity contribution is 7.95. The molecule has 0 unspecified atom stereocenters. The molecule has 3 aromatic carbocycles. The zero-order valence-corrected chi connectivity index (χ0v) is 16.6. The van der Waals surface area contributed by atoms with Gasteiger partial charge in [0.15, 0.2) is 6.29 Å². The first kappa shape index (κ1) is 18.4. The summed E-state index contributed by atoms with van der Waals surface area (Å²) >= 11 is 0. The van der Waals surface area contributed by atoms with Gasteiger partial charge >= 0.3 is 0 Å². The minimum atomic E-state index is -1.80. The Kier molecular flexibility index (Phi) is 5.69. The van der Waals surface area contributed by atoms with E-state index in [1.54, 1.807) is 0 Å². The van der Waals surface area contributed by atoms with E-state index >= 15 is 0 Å². The third kappa shape index (κ3) is 3.46. The van der Waals surface area contributed by atoms with Crippen molar-refractivity contribution >= 4 is 23.2 Å². The molecule has 2 nitrogen and oxygen atoms in total. The Labute approximate surface area is 162 Å². The maximum atomic E-state index is 6.01. The maximum Gasteiger partial charge on any atom is 0.187 e. The minimum Gasteiger partial charge on any atom is -0.348 e. The van der Waals surface area contributed by atoms with Crippen molar-refractivity contribution < 1.29 is 9.47 Å². The molecule has 27 heavy (non-hydrogen) atoms. The zero-order chi connectivity index (χ0) is 18.5. The molecule has 0 amide bonds. The van der Waals surface area contributed by atoms with Crippen molar-refractivity contribution in [3.8, 4) is 0 Å². The molecule has 1 aliphatic rings. The summed E-state index contributed by atoms with van der Waals surface area (Å²) < 4.78 is 12.0. The Hall–Kier alpha value is -1.99. The van der Waals surface area contributed by atoms with Crippen LogP contribution < -0.4 is 15.9 Å². The lowest BCUT2D eigenvalue weighted by Crippen LogP contribution is -2.36. The van der Waals surface area contributed by atoms with Crippen molar-refractivity contribution in [2.45, 2.75) is 19.6 Å². The number of benzene rings is 3. The van der Waals surface area contributed by atoms with Gasteiger partial charge in [-0.3, -0.25) is 0 Å². The number of rotatable bonds is 5. The summed E-state index contributed by atoms with van der Waals surface area (Å²) in [5.74, 6) is 0. The van der Waals surface area contributed by atoms with Crippen molar-refractivity contribution in [1.29, 1.82) is 0 Å². The van der Waals surface area contributed by atoms with Crippen LogP contribution in [0.4, 0.5) is 0 Å². The van der Waals surface area contributed by atoms with E-state index in [9.17, 15) is 0 Å². The van der Waals surface area contributed by atoms with Gasteiger partial charge < -0.3 is 9.47 Å². The van der Waals surface area contributed by atoms with Gasteiger partial charge in [-0.25, -0.2) is 0 Å². The van der Waals surface area contributed by atoms with Crippen LogP contribution in [-0.2, 0) is 9.47 Å². The Balaban J connectivity index is 1.95. The number of ether oxygens (including phenoxy) is 2. The fourth-order valence-electron chi connectivity index (χ4n) is 4.03. The van der Waals surface area contributed by atoms with Gasteiger partial charge in [-0.1, -0.05) is 48.5 Å². The minimum absolute atomic E-state index is 0.270. The molecule has 1 aliphatic heterocycles. The van der Waals surface area contributed by atoms with Crippen LogP contribution in [0.25, 0.3) is 0 Å². The first-order valence-electron chi connectivity index (χ1n) is 9.68. The van der Waals surface area contributed by atoms with Crippen LogP contribution in [0.5, 0.6) is 0 Å². The Morgan fingerprint density at radius 1 is 0.741 bits per heavy atom. The number of hydrogen-bond donors (Lipinski definition) is 0. The number of hydrogen-bond acceptors (Lipinski definition) is 2. The zero-order valence-electron chi connectivity index (χ0n) is 15.8. The summed E-state index contributed by atoms with van der Waals surface area (Å²) in [5, 5.41) is 4.18. The lowest BCUT2D eigenvalue weighted by Gasteiger charge is -2.31. The van der Waals surface area contributed by atoms with Crippen LogP contribution >= 0.6 is 7.26 Å². The average Bonchev–Trinajstić information content (AvgIpc) is 2.77. The molecule has 3 heteroatoms. The summed E-state index contributed by atoms with van der Waals surface area (Å²) in [6, 6.07) is 30.6. The quantitative estimate of drug-likeness (QED) is 0.612. The van der Waals surface area contributed by atoms with Gasteiger partial charge in [0.1, 0.15) is 23.2 Å². The molecule has 0 saturated carbocycles. The smallest absolute Gasteiger partial charge is 0.187 e. The second-order valence-corrected chi connectivity index (χ2v) is 10.5. The van der Waals surface area contributed by atoms with E-state index in [4.69, 9.17) is 9.47 Å². The molecule has 0 aliphatic carbocycles. The molecule has 0 spiro atoms. The molecule has 4 rings (SSSR count). The fraction of sp³-hybridized carbons (Fsp3) is 0.250. The summed E-state index contributed by atoms with van der Waals surface area (Å²) in [7, 11) is -1.80. The lowest BCUT2D eigenvalue weighted by atomic mass is 10.2. The van der Waals surface area contributed by atoms with Gasteiger partial charge in [-0.2, -0.15) is 0 Å². The Morgan fingerprint density at radius 3 is 1.81 bits per heavy atom. The van der Waals surface area contributed by atoms with E-state index in [-0.39, 0.29) is 6.29 Å². The Morgan fingerprint density at radius 2 is 1.26 bits per heavy atom.